The molecule has 9 heteroatoms. The van der Waals surface area contributed by atoms with Crippen LogP contribution in [-0.2, 0) is 6.54 Å². The molecule has 146 valence electrons. The van der Waals surface area contributed by atoms with Crippen molar-refractivity contribution in [3.05, 3.63) is 48.1 Å². The predicted octanol–water partition coefficient (Wildman–Crippen LogP) is 2.30. The van der Waals surface area contributed by atoms with Crippen LogP contribution in [0.1, 0.15) is 11.7 Å². The van der Waals surface area contributed by atoms with Crippen molar-refractivity contribution >= 4 is 5.82 Å². The lowest BCUT2D eigenvalue weighted by atomic mass is 10.1. The molecule has 0 N–H and O–H groups in total. The van der Waals surface area contributed by atoms with Crippen LogP contribution >= 0.6 is 0 Å². The van der Waals surface area contributed by atoms with Crippen molar-refractivity contribution in [3.63, 3.8) is 0 Å². The minimum absolute atomic E-state index is 0.256. The van der Waals surface area contributed by atoms with Gasteiger partial charge in [0.2, 0.25) is 5.89 Å². The molecule has 1 aliphatic heterocycles. The number of aryl methyl sites for hydroxylation is 1. The molecule has 0 saturated carbocycles. The molecule has 0 aliphatic carbocycles. The van der Waals surface area contributed by atoms with Gasteiger partial charge < -0.3 is 14.2 Å². The van der Waals surface area contributed by atoms with Crippen molar-refractivity contribution in [2.24, 2.45) is 0 Å². The van der Waals surface area contributed by atoms with Crippen LogP contribution in [0.2, 0.25) is 0 Å². The van der Waals surface area contributed by atoms with Crippen molar-refractivity contribution in [2.45, 2.75) is 19.5 Å². The Morgan fingerprint density at radius 1 is 1.25 bits per heavy atom. The van der Waals surface area contributed by atoms with E-state index in [4.69, 9.17) is 9.26 Å². The summed E-state index contributed by atoms with van der Waals surface area (Å²) in [5, 5.41) is 3.80. The molecule has 1 aliphatic rings. The number of methoxy groups -OCH3 is 1. The van der Waals surface area contributed by atoms with E-state index in [0.717, 1.165) is 0 Å². The van der Waals surface area contributed by atoms with E-state index < -0.39 is 5.82 Å². The Balaban J connectivity index is 1.44. The molecule has 0 spiro atoms. The second-order valence-electron chi connectivity index (χ2n) is 6.80. The summed E-state index contributed by atoms with van der Waals surface area (Å²) in [6.07, 6.45) is 1.40. The minimum Gasteiger partial charge on any atom is -0.497 e. The number of benzene rings is 1. The molecule has 1 aromatic carbocycles. The van der Waals surface area contributed by atoms with Crippen molar-refractivity contribution in [1.29, 1.82) is 0 Å². The van der Waals surface area contributed by atoms with Crippen LogP contribution in [0.3, 0.4) is 0 Å². The first kappa shape index (κ1) is 18.3. The number of nitrogens with zero attached hydrogens (tertiary/aromatic N) is 6. The number of ether oxygens (including phenoxy) is 1. The summed E-state index contributed by atoms with van der Waals surface area (Å²) in [5.74, 6) is 1.81. The standard InChI is InChI=1S/C19H21FN6O2/c1-12-23-16(28-24-12)10-25(2)14-8-26(9-14)19-17(20)18(21-11-22-19)13-4-6-15(27-3)7-5-13/h4-7,11,14H,8-10H2,1-3H3. The van der Waals surface area contributed by atoms with Crippen LogP contribution in [-0.4, -0.2) is 58.3 Å². The number of anilines is 1. The molecule has 28 heavy (non-hydrogen) atoms. The lowest BCUT2D eigenvalue weighted by molar-refractivity contribution is 0.173. The number of halogens is 1. The Labute approximate surface area is 162 Å². The minimum atomic E-state index is -0.415. The van der Waals surface area contributed by atoms with Crippen LogP contribution in [0.15, 0.2) is 35.1 Å². The molecule has 0 bridgehead atoms. The Kier molecular flexibility index (Phi) is 4.91. The third-order valence-corrected chi connectivity index (χ3v) is 4.87. The van der Waals surface area contributed by atoms with Crippen molar-refractivity contribution < 1.29 is 13.7 Å². The van der Waals surface area contributed by atoms with Gasteiger partial charge in [-0.05, 0) is 38.2 Å². The van der Waals surface area contributed by atoms with E-state index >= 15 is 4.39 Å². The third kappa shape index (κ3) is 3.53. The fourth-order valence-corrected chi connectivity index (χ4v) is 3.18. The van der Waals surface area contributed by atoms with Gasteiger partial charge in [-0.2, -0.15) is 4.98 Å². The highest BCUT2D eigenvalue weighted by molar-refractivity contribution is 5.65. The van der Waals surface area contributed by atoms with E-state index in [1.165, 1.54) is 6.33 Å². The largest absolute Gasteiger partial charge is 0.497 e. The van der Waals surface area contributed by atoms with Crippen LogP contribution in [0.25, 0.3) is 11.3 Å². The summed E-state index contributed by atoms with van der Waals surface area (Å²) in [6.45, 7) is 3.68. The van der Waals surface area contributed by atoms with Gasteiger partial charge in [0, 0.05) is 24.7 Å². The lowest BCUT2D eigenvalue weighted by Gasteiger charge is -2.44. The molecule has 1 fully saturated rings. The van der Waals surface area contributed by atoms with Gasteiger partial charge in [-0.25, -0.2) is 14.4 Å². The van der Waals surface area contributed by atoms with Gasteiger partial charge in [-0.15, -0.1) is 0 Å². The zero-order valence-electron chi connectivity index (χ0n) is 16.0. The zero-order valence-corrected chi connectivity index (χ0v) is 16.0. The monoisotopic (exact) mass is 384 g/mol. The molecule has 0 radical (unpaired) electrons. The predicted molar refractivity (Wildman–Crippen MR) is 100 cm³/mol. The molecule has 2 aromatic heterocycles. The van der Waals surface area contributed by atoms with Gasteiger partial charge in [0.25, 0.3) is 0 Å². The highest BCUT2D eigenvalue weighted by Gasteiger charge is 2.33. The van der Waals surface area contributed by atoms with Crippen LogP contribution in [0.5, 0.6) is 5.75 Å². The summed E-state index contributed by atoms with van der Waals surface area (Å²) in [5.41, 5.74) is 0.966. The Bertz CT molecular complexity index is 955. The van der Waals surface area contributed by atoms with E-state index in [1.807, 2.05) is 11.9 Å². The molecule has 0 unspecified atom stereocenters. The average Bonchev–Trinajstić information content (AvgIpc) is 3.06. The summed E-state index contributed by atoms with van der Waals surface area (Å²) in [6, 6.07) is 7.39. The van der Waals surface area contributed by atoms with Gasteiger partial charge in [-0.1, -0.05) is 5.16 Å². The van der Waals surface area contributed by atoms with E-state index in [2.05, 4.69) is 25.0 Å². The van der Waals surface area contributed by atoms with E-state index in [9.17, 15) is 0 Å². The maximum atomic E-state index is 15.0. The van der Waals surface area contributed by atoms with Gasteiger partial charge in [-0.3, -0.25) is 4.90 Å². The first-order valence-corrected chi connectivity index (χ1v) is 8.94. The third-order valence-electron chi connectivity index (χ3n) is 4.87. The summed E-state index contributed by atoms with van der Waals surface area (Å²) in [7, 11) is 3.58. The molecular weight excluding hydrogens is 363 g/mol. The number of hydrogen-bond donors (Lipinski definition) is 0. The van der Waals surface area contributed by atoms with E-state index in [1.54, 1.807) is 38.3 Å². The van der Waals surface area contributed by atoms with Crippen LogP contribution < -0.4 is 9.64 Å². The molecule has 0 atom stereocenters. The number of rotatable bonds is 6. The topological polar surface area (TPSA) is 80.4 Å². The summed E-state index contributed by atoms with van der Waals surface area (Å²) < 4.78 is 25.4. The highest BCUT2D eigenvalue weighted by atomic mass is 19.1. The van der Waals surface area contributed by atoms with Gasteiger partial charge in [0.05, 0.1) is 13.7 Å². The summed E-state index contributed by atoms with van der Waals surface area (Å²) in [4.78, 5) is 16.5. The Morgan fingerprint density at radius 2 is 2.00 bits per heavy atom. The molecule has 1 saturated heterocycles. The average molecular weight is 384 g/mol. The zero-order chi connectivity index (χ0) is 19.7. The normalized spacial score (nSPS) is 14.4. The first-order valence-electron chi connectivity index (χ1n) is 8.94. The Hall–Kier alpha value is -3.07. The molecule has 8 nitrogen and oxygen atoms in total. The second kappa shape index (κ2) is 7.51. The van der Waals surface area contributed by atoms with Gasteiger partial charge >= 0.3 is 0 Å². The molecule has 3 aromatic rings. The van der Waals surface area contributed by atoms with Crippen LogP contribution in [0.4, 0.5) is 10.2 Å². The maximum Gasteiger partial charge on any atom is 0.240 e. The van der Waals surface area contributed by atoms with Crippen molar-refractivity contribution in [1.82, 2.24) is 25.0 Å². The second-order valence-corrected chi connectivity index (χ2v) is 6.80. The van der Waals surface area contributed by atoms with Crippen molar-refractivity contribution in [2.75, 3.05) is 32.1 Å². The highest BCUT2D eigenvalue weighted by Crippen LogP contribution is 2.30. The SMILES string of the molecule is COc1ccc(-c2ncnc(N3CC(N(C)Cc4nc(C)no4)C3)c2F)cc1. The van der Waals surface area contributed by atoms with E-state index in [0.29, 0.717) is 48.5 Å². The Morgan fingerprint density at radius 3 is 2.64 bits per heavy atom. The molecule has 3 heterocycles. The molecule has 0 amide bonds. The fraction of sp³-hybridized carbons (Fsp3) is 0.368. The molecule has 4 rings (SSSR count). The summed E-state index contributed by atoms with van der Waals surface area (Å²) >= 11 is 0. The van der Waals surface area contributed by atoms with Crippen LogP contribution in [0, 0.1) is 12.7 Å². The lowest BCUT2D eigenvalue weighted by Crippen LogP contribution is -2.58. The van der Waals surface area contributed by atoms with Gasteiger partial charge in [0.15, 0.2) is 17.5 Å². The van der Waals surface area contributed by atoms with Gasteiger partial charge in [0.1, 0.15) is 17.8 Å². The fourth-order valence-electron chi connectivity index (χ4n) is 3.18. The smallest absolute Gasteiger partial charge is 0.240 e. The van der Waals surface area contributed by atoms with E-state index in [-0.39, 0.29) is 11.7 Å². The number of aromatic nitrogens is 4. The number of hydrogen-bond acceptors (Lipinski definition) is 8. The quantitative estimate of drug-likeness (QED) is 0.641. The molecular formula is C19H21FN6O2. The van der Waals surface area contributed by atoms with Crippen molar-refractivity contribution in [3.8, 4) is 17.0 Å². The number of likely N-dealkylation sites (N-methyl/N-ethyl adjacent to an activating group) is 1. The first-order chi connectivity index (χ1) is 13.5. The maximum absolute atomic E-state index is 15.0.